The van der Waals surface area contributed by atoms with E-state index in [0.29, 0.717) is 17.0 Å². The lowest BCUT2D eigenvalue weighted by atomic mass is 9.99. The number of amides is 1. The van der Waals surface area contributed by atoms with Crippen LogP contribution in [0.4, 0.5) is 5.69 Å². The Morgan fingerprint density at radius 3 is 2.68 bits per heavy atom. The van der Waals surface area contributed by atoms with Gasteiger partial charge >= 0.3 is 5.97 Å². The number of ether oxygens (including phenoxy) is 2. The molecule has 3 rings (SSSR count). The van der Waals surface area contributed by atoms with Crippen LogP contribution in [0.5, 0.6) is 5.75 Å². The third-order valence-corrected chi connectivity index (χ3v) is 4.15. The van der Waals surface area contributed by atoms with Crippen molar-refractivity contribution in [3.05, 3.63) is 59.2 Å². The molecule has 0 aliphatic carbocycles. The minimum absolute atomic E-state index is 0.0952. The van der Waals surface area contributed by atoms with Gasteiger partial charge in [0.2, 0.25) is 5.91 Å². The first-order valence-electron chi connectivity index (χ1n) is 7.79. The fourth-order valence-electron chi connectivity index (χ4n) is 2.70. The number of carbonyl (C=O) groups excluding carboxylic acids is 3. The summed E-state index contributed by atoms with van der Waals surface area (Å²) in [5, 5.41) is 2.75. The Morgan fingerprint density at radius 1 is 1.16 bits per heavy atom. The van der Waals surface area contributed by atoms with Gasteiger partial charge in [-0.05, 0) is 42.8 Å². The number of hydrogen-bond acceptors (Lipinski definition) is 5. The first-order valence-corrected chi connectivity index (χ1v) is 7.79. The van der Waals surface area contributed by atoms with Crippen LogP contribution in [0.25, 0.3) is 0 Å². The molecule has 0 spiro atoms. The molecular formula is C19H17NO5. The Morgan fingerprint density at radius 2 is 1.92 bits per heavy atom. The van der Waals surface area contributed by atoms with Gasteiger partial charge in [0.1, 0.15) is 11.3 Å². The van der Waals surface area contributed by atoms with Crippen LogP contribution in [0.2, 0.25) is 0 Å². The Labute approximate surface area is 144 Å². The van der Waals surface area contributed by atoms with Gasteiger partial charge in [-0.25, -0.2) is 4.79 Å². The summed E-state index contributed by atoms with van der Waals surface area (Å²) in [4.78, 5) is 36.1. The second kappa shape index (κ2) is 6.76. The summed E-state index contributed by atoms with van der Waals surface area (Å²) < 4.78 is 10.2. The smallest absolute Gasteiger partial charge is 0.342 e. The lowest BCUT2D eigenvalue weighted by Crippen LogP contribution is -2.15. The summed E-state index contributed by atoms with van der Waals surface area (Å²) in [6.45, 7) is 1.39. The minimum atomic E-state index is -0.628. The Balaban J connectivity index is 1.69. The van der Waals surface area contributed by atoms with Gasteiger partial charge in [0, 0.05) is 11.3 Å². The highest BCUT2D eigenvalue weighted by atomic mass is 16.5. The predicted molar refractivity (Wildman–Crippen MR) is 91.1 cm³/mol. The average Bonchev–Trinajstić information content (AvgIpc) is 2.93. The van der Waals surface area contributed by atoms with E-state index in [1.54, 1.807) is 49.4 Å². The number of hydrogen-bond donors (Lipinski definition) is 1. The van der Waals surface area contributed by atoms with E-state index in [9.17, 15) is 14.4 Å². The number of carbonyl (C=O) groups is 3. The lowest BCUT2D eigenvalue weighted by Gasteiger charge is -2.09. The minimum Gasteiger partial charge on any atom is -0.496 e. The van der Waals surface area contributed by atoms with Crippen molar-refractivity contribution in [1.82, 2.24) is 0 Å². The average molecular weight is 339 g/mol. The highest BCUT2D eigenvalue weighted by Gasteiger charge is 2.27. The fourth-order valence-corrected chi connectivity index (χ4v) is 2.70. The van der Waals surface area contributed by atoms with E-state index in [2.05, 4.69) is 5.32 Å². The largest absolute Gasteiger partial charge is 0.496 e. The van der Waals surface area contributed by atoms with Crippen LogP contribution in [0.1, 0.15) is 39.1 Å². The molecule has 6 heteroatoms. The molecule has 0 fully saturated rings. The molecule has 1 heterocycles. The van der Waals surface area contributed by atoms with Crippen LogP contribution in [0.15, 0.2) is 42.5 Å². The van der Waals surface area contributed by atoms with Gasteiger partial charge in [0.15, 0.2) is 12.4 Å². The summed E-state index contributed by atoms with van der Waals surface area (Å²) in [7, 11) is 1.46. The molecule has 0 aromatic heterocycles. The Kier molecular flexibility index (Phi) is 4.52. The maximum Gasteiger partial charge on any atom is 0.342 e. The highest BCUT2D eigenvalue weighted by Crippen LogP contribution is 2.32. The molecule has 2 aromatic carbocycles. The van der Waals surface area contributed by atoms with Crippen molar-refractivity contribution < 1.29 is 23.9 Å². The summed E-state index contributed by atoms with van der Waals surface area (Å²) in [6, 6.07) is 11.6. The molecule has 1 atom stereocenters. The van der Waals surface area contributed by atoms with Gasteiger partial charge in [-0.2, -0.15) is 0 Å². The van der Waals surface area contributed by atoms with Crippen molar-refractivity contribution >= 4 is 23.3 Å². The fraction of sp³-hybridized carbons (Fsp3) is 0.211. The molecule has 1 aliphatic heterocycles. The van der Waals surface area contributed by atoms with Crippen molar-refractivity contribution in [3.8, 4) is 5.75 Å². The number of ketones is 1. The van der Waals surface area contributed by atoms with Gasteiger partial charge in [-0.1, -0.05) is 12.1 Å². The topological polar surface area (TPSA) is 81.7 Å². The number of methoxy groups -OCH3 is 1. The lowest BCUT2D eigenvalue weighted by molar-refractivity contribution is -0.116. The third-order valence-electron chi connectivity index (χ3n) is 4.15. The van der Waals surface area contributed by atoms with Crippen LogP contribution in [-0.2, 0) is 9.53 Å². The molecular weight excluding hydrogens is 322 g/mol. The zero-order chi connectivity index (χ0) is 18.0. The van der Waals surface area contributed by atoms with Crippen LogP contribution < -0.4 is 10.1 Å². The van der Waals surface area contributed by atoms with Crippen LogP contribution in [0, 0.1) is 0 Å². The maximum absolute atomic E-state index is 12.3. The van der Waals surface area contributed by atoms with E-state index in [1.807, 2.05) is 0 Å². The number of anilines is 1. The molecule has 2 aromatic rings. The number of esters is 1. The van der Waals surface area contributed by atoms with E-state index in [-0.39, 0.29) is 29.8 Å². The summed E-state index contributed by atoms with van der Waals surface area (Å²) >= 11 is 0. The van der Waals surface area contributed by atoms with Crippen molar-refractivity contribution in [1.29, 1.82) is 0 Å². The number of rotatable bonds is 5. The number of para-hydroxylation sites is 1. The van der Waals surface area contributed by atoms with Crippen molar-refractivity contribution in [3.63, 3.8) is 0 Å². The summed E-state index contributed by atoms with van der Waals surface area (Å²) in [6.07, 6.45) is 0. The molecule has 1 aliphatic rings. The maximum atomic E-state index is 12.3. The number of benzene rings is 2. The van der Waals surface area contributed by atoms with E-state index in [1.165, 1.54) is 7.11 Å². The monoisotopic (exact) mass is 339 g/mol. The molecule has 1 N–H and O–H groups in total. The van der Waals surface area contributed by atoms with Crippen LogP contribution in [0.3, 0.4) is 0 Å². The zero-order valence-electron chi connectivity index (χ0n) is 13.9. The van der Waals surface area contributed by atoms with Crippen molar-refractivity contribution in [2.45, 2.75) is 12.8 Å². The first-order chi connectivity index (χ1) is 12.0. The summed E-state index contributed by atoms with van der Waals surface area (Å²) in [5.74, 6) is -0.980. The molecule has 6 nitrogen and oxygen atoms in total. The first kappa shape index (κ1) is 16.7. The molecule has 128 valence electrons. The van der Waals surface area contributed by atoms with Crippen LogP contribution >= 0.6 is 0 Å². The van der Waals surface area contributed by atoms with E-state index in [4.69, 9.17) is 9.47 Å². The molecule has 25 heavy (non-hydrogen) atoms. The quantitative estimate of drug-likeness (QED) is 0.669. The van der Waals surface area contributed by atoms with E-state index < -0.39 is 5.97 Å². The standard InChI is InChI=1S/C19H17NO5/c1-11-14-9-12(7-8-15(14)20-18(11)22)16(21)10-25-19(23)13-5-3-4-6-17(13)24-2/h3-9,11H,10H2,1-2H3,(H,20,22)/t11-/m1/s1. The zero-order valence-corrected chi connectivity index (χ0v) is 13.9. The Bertz CT molecular complexity index is 859. The van der Waals surface area contributed by atoms with Crippen LogP contribution in [-0.4, -0.2) is 31.4 Å². The summed E-state index contributed by atoms with van der Waals surface area (Å²) in [5.41, 5.74) is 2.14. The van der Waals surface area contributed by atoms with Gasteiger partial charge in [0.25, 0.3) is 0 Å². The second-order valence-corrected chi connectivity index (χ2v) is 5.71. The molecule has 1 amide bonds. The molecule has 0 unspecified atom stereocenters. The number of nitrogens with one attached hydrogen (secondary N) is 1. The number of Topliss-reactive ketones (excluding diaryl/α,β-unsaturated/α-hetero) is 1. The second-order valence-electron chi connectivity index (χ2n) is 5.71. The van der Waals surface area contributed by atoms with Gasteiger partial charge in [-0.3, -0.25) is 9.59 Å². The predicted octanol–water partition coefficient (Wildman–Crippen LogP) is 2.79. The normalized spacial score (nSPS) is 15.3. The Hall–Kier alpha value is -3.15. The van der Waals surface area contributed by atoms with Gasteiger partial charge in [-0.15, -0.1) is 0 Å². The van der Waals surface area contributed by atoms with Crippen molar-refractivity contribution in [2.24, 2.45) is 0 Å². The van der Waals surface area contributed by atoms with Gasteiger partial charge < -0.3 is 14.8 Å². The SMILES string of the molecule is COc1ccccc1C(=O)OCC(=O)c1ccc2c(c1)[C@@H](C)C(=O)N2. The molecule has 0 bridgehead atoms. The third kappa shape index (κ3) is 3.24. The molecule has 0 radical (unpaired) electrons. The van der Waals surface area contributed by atoms with Gasteiger partial charge in [0.05, 0.1) is 13.0 Å². The van der Waals surface area contributed by atoms with Crippen molar-refractivity contribution in [2.75, 3.05) is 19.0 Å². The van der Waals surface area contributed by atoms with E-state index in [0.717, 1.165) is 5.56 Å². The molecule has 0 saturated heterocycles. The van der Waals surface area contributed by atoms with E-state index >= 15 is 0 Å². The number of fused-ring (bicyclic) bond motifs is 1. The highest BCUT2D eigenvalue weighted by molar-refractivity contribution is 6.05. The molecule has 0 saturated carbocycles.